The zero-order chi connectivity index (χ0) is 29.4. The number of amides is 2. The van der Waals surface area contributed by atoms with Crippen molar-refractivity contribution in [2.24, 2.45) is 0 Å². The third-order valence-electron chi connectivity index (χ3n) is 7.00. The summed E-state index contributed by atoms with van der Waals surface area (Å²) in [4.78, 5) is 39.2. The lowest BCUT2D eigenvalue weighted by atomic mass is 9.98. The van der Waals surface area contributed by atoms with Crippen LogP contribution in [0.1, 0.15) is 56.2 Å². The normalized spacial score (nSPS) is 13.0. The SMILES string of the molecule is CC(C)(C)OC(=O)NCCCCN(C(=O)OCC1c2ccccc2-c2ccccc21)[C@@H](Cc1ccccc1)C(=O)O. The van der Waals surface area contributed by atoms with Crippen molar-refractivity contribution in [3.63, 3.8) is 0 Å². The van der Waals surface area contributed by atoms with Gasteiger partial charge in [0, 0.05) is 25.4 Å². The monoisotopic (exact) mass is 558 g/mol. The number of nitrogens with one attached hydrogen (secondary N) is 1. The molecule has 0 heterocycles. The standard InChI is InChI=1S/C33H38N2O6/c1-33(2,3)41-31(38)34-19-11-12-20-35(29(30(36)37)21-23-13-5-4-6-14-23)32(39)40-22-28-26-17-9-7-15-24(26)25-16-8-10-18-27(25)28/h4-10,13-18,28-29H,11-12,19-22H2,1-3H3,(H,34,38)(H,36,37)/t29-/m0/s1. The lowest BCUT2D eigenvalue weighted by molar-refractivity contribution is -0.142. The molecule has 2 N–H and O–H groups in total. The second kappa shape index (κ2) is 13.4. The van der Waals surface area contributed by atoms with Crippen LogP contribution in [-0.4, -0.2) is 59.5 Å². The lowest BCUT2D eigenvalue weighted by Gasteiger charge is -2.29. The summed E-state index contributed by atoms with van der Waals surface area (Å²) >= 11 is 0. The van der Waals surface area contributed by atoms with E-state index in [9.17, 15) is 19.5 Å². The molecular formula is C33H38N2O6. The van der Waals surface area contributed by atoms with Crippen molar-refractivity contribution in [1.29, 1.82) is 0 Å². The van der Waals surface area contributed by atoms with E-state index in [-0.39, 0.29) is 25.5 Å². The van der Waals surface area contributed by atoms with Crippen molar-refractivity contribution in [3.05, 3.63) is 95.6 Å². The van der Waals surface area contributed by atoms with E-state index in [4.69, 9.17) is 9.47 Å². The smallest absolute Gasteiger partial charge is 0.410 e. The van der Waals surface area contributed by atoms with Crippen molar-refractivity contribution in [2.45, 2.75) is 57.6 Å². The number of carboxylic acids is 1. The number of carbonyl (C=O) groups is 3. The first-order chi connectivity index (χ1) is 19.6. The molecule has 1 atom stereocenters. The van der Waals surface area contributed by atoms with E-state index in [1.807, 2.05) is 66.7 Å². The summed E-state index contributed by atoms with van der Waals surface area (Å²) in [6.07, 6.45) is -0.0345. The van der Waals surface area contributed by atoms with Gasteiger partial charge in [0.2, 0.25) is 0 Å². The minimum absolute atomic E-state index is 0.0984. The van der Waals surface area contributed by atoms with Crippen LogP contribution in [0.2, 0.25) is 0 Å². The Morgan fingerprint density at radius 1 is 0.878 bits per heavy atom. The van der Waals surface area contributed by atoms with Gasteiger partial charge in [-0.3, -0.25) is 4.90 Å². The fraction of sp³-hybridized carbons (Fsp3) is 0.364. The molecule has 216 valence electrons. The number of alkyl carbamates (subject to hydrolysis) is 1. The van der Waals surface area contributed by atoms with Gasteiger partial charge in [-0.2, -0.15) is 0 Å². The van der Waals surface area contributed by atoms with Crippen molar-refractivity contribution < 1.29 is 29.0 Å². The number of hydrogen-bond acceptors (Lipinski definition) is 5. The first kappa shape index (κ1) is 29.6. The summed E-state index contributed by atoms with van der Waals surface area (Å²) in [6.45, 7) is 5.97. The Hall–Kier alpha value is -4.33. The van der Waals surface area contributed by atoms with Gasteiger partial charge >= 0.3 is 18.2 Å². The average molecular weight is 559 g/mol. The predicted octanol–water partition coefficient (Wildman–Crippen LogP) is 6.24. The third kappa shape index (κ3) is 7.87. The zero-order valence-electron chi connectivity index (χ0n) is 23.8. The van der Waals surface area contributed by atoms with E-state index < -0.39 is 29.8 Å². The fourth-order valence-corrected chi connectivity index (χ4v) is 5.13. The van der Waals surface area contributed by atoms with Gasteiger partial charge in [0.15, 0.2) is 0 Å². The number of unbranched alkanes of at least 4 members (excludes halogenated alkanes) is 1. The number of nitrogens with zero attached hydrogens (tertiary/aromatic N) is 1. The van der Waals surface area contributed by atoms with E-state index in [1.165, 1.54) is 4.90 Å². The maximum Gasteiger partial charge on any atom is 0.410 e. The Morgan fingerprint density at radius 2 is 1.46 bits per heavy atom. The summed E-state index contributed by atoms with van der Waals surface area (Å²) in [6, 6.07) is 24.3. The first-order valence-electron chi connectivity index (χ1n) is 14.0. The van der Waals surface area contributed by atoms with Crippen LogP contribution in [0.25, 0.3) is 11.1 Å². The molecule has 0 aromatic heterocycles. The van der Waals surface area contributed by atoms with Crippen LogP contribution >= 0.6 is 0 Å². The molecule has 8 nitrogen and oxygen atoms in total. The second-order valence-electron chi connectivity index (χ2n) is 11.2. The lowest BCUT2D eigenvalue weighted by Crippen LogP contribution is -2.47. The van der Waals surface area contributed by atoms with Gasteiger partial charge in [0.25, 0.3) is 0 Å². The van der Waals surface area contributed by atoms with Gasteiger partial charge in [-0.15, -0.1) is 0 Å². The van der Waals surface area contributed by atoms with Gasteiger partial charge in [-0.1, -0.05) is 78.9 Å². The van der Waals surface area contributed by atoms with Crippen LogP contribution in [0, 0.1) is 0 Å². The largest absolute Gasteiger partial charge is 0.480 e. The average Bonchev–Trinajstić information content (AvgIpc) is 3.26. The number of hydrogen-bond donors (Lipinski definition) is 2. The molecule has 0 bridgehead atoms. The number of benzene rings is 3. The van der Waals surface area contributed by atoms with E-state index >= 15 is 0 Å². The molecule has 0 fully saturated rings. The Balaban J connectivity index is 1.45. The van der Waals surface area contributed by atoms with Crippen LogP contribution in [-0.2, 0) is 20.7 Å². The number of aliphatic carboxylic acids is 1. The predicted molar refractivity (Wildman–Crippen MR) is 157 cm³/mol. The summed E-state index contributed by atoms with van der Waals surface area (Å²) in [5, 5.41) is 12.9. The Labute approximate surface area is 241 Å². The summed E-state index contributed by atoms with van der Waals surface area (Å²) in [7, 11) is 0. The topological polar surface area (TPSA) is 105 Å². The van der Waals surface area contributed by atoms with Gasteiger partial charge in [0.05, 0.1) is 0 Å². The highest BCUT2D eigenvalue weighted by atomic mass is 16.6. The minimum Gasteiger partial charge on any atom is -0.480 e. The molecule has 41 heavy (non-hydrogen) atoms. The molecule has 0 aliphatic heterocycles. The summed E-state index contributed by atoms with van der Waals surface area (Å²) < 4.78 is 11.1. The minimum atomic E-state index is -1.10. The van der Waals surface area contributed by atoms with E-state index in [2.05, 4.69) is 17.4 Å². The Morgan fingerprint density at radius 3 is 2.05 bits per heavy atom. The van der Waals surface area contributed by atoms with Crippen molar-refractivity contribution >= 4 is 18.2 Å². The molecule has 3 aromatic carbocycles. The zero-order valence-corrected chi connectivity index (χ0v) is 23.8. The molecule has 3 aromatic rings. The maximum atomic E-state index is 13.5. The van der Waals surface area contributed by atoms with E-state index in [1.54, 1.807) is 20.8 Å². The molecule has 1 aliphatic carbocycles. The van der Waals surface area contributed by atoms with E-state index in [0.29, 0.717) is 19.4 Å². The van der Waals surface area contributed by atoms with Crippen molar-refractivity contribution in [3.8, 4) is 11.1 Å². The van der Waals surface area contributed by atoms with Crippen LogP contribution in [0.3, 0.4) is 0 Å². The molecule has 0 radical (unpaired) electrons. The molecule has 0 spiro atoms. The van der Waals surface area contributed by atoms with Crippen molar-refractivity contribution in [1.82, 2.24) is 10.2 Å². The highest BCUT2D eigenvalue weighted by Crippen LogP contribution is 2.44. The highest BCUT2D eigenvalue weighted by molar-refractivity contribution is 5.81. The maximum absolute atomic E-state index is 13.5. The molecule has 2 amide bonds. The second-order valence-corrected chi connectivity index (χ2v) is 11.2. The van der Waals surface area contributed by atoms with Gasteiger partial charge < -0.3 is 19.9 Å². The van der Waals surface area contributed by atoms with Crippen LogP contribution in [0.5, 0.6) is 0 Å². The summed E-state index contributed by atoms with van der Waals surface area (Å²) in [5.74, 6) is -1.24. The molecule has 1 aliphatic rings. The molecule has 0 saturated heterocycles. The third-order valence-corrected chi connectivity index (χ3v) is 7.00. The molecule has 8 heteroatoms. The van der Waals surface area contributed by atoms with E-state index in [0.717, 1.165) is 27.8 Å². The number of rotatable bonds is 11. The van der Waals surface area contributed by atoms with Gasteiger partial charge in [0.1, 0.15) is 18.2 Å². The highest BCUT2D eigenvalue weighted by Gasteiger charge is 2.33. The number of ether oxygens (including phenoxy) is 2. The quantitative estimate of drug-likeness (QED) is 0.270. The van der Waals surface area contributed by atoms with Crippen LogP contribution < -0.4 is 5.32 Å². The number of fused-ring (bicyclic) bond motifs is 3. The molecular weight excluding hydrogens is 520 g/mol. The van der Waals surface area contributed by atoms with Crippen molar-refractivity contribution in [2.75, 3.05) is 19.7 Å². The van der Waals surface area contributed by atoms with Gasteiger partial charge in [-0.05, 0) is 61.4 Å². The molecule has 4 rings (SSSR count). The Bertz CT molecular complexity index is 1310. The van der Waals surface area contributed by atoms with Crippen LogP contribution in [0.15, 0.2) is 78.9 Å². The molecule has 0 saturated carbocycles. The number of carboxylic acid groups (broad SMARTS) is 1. The summed E-state index contributed by atoms with van der Waals surface area (Å²) in [5.41, 5.74) is 4.61. The Kier molecular flexibility index (Phi) is 9.65. The van der Waals surface area contributed by atoms with Crippen LogP contribution in [0.4, 0.5) is 9.59 Å². The fourth-order valence-electron chi connectivity index (χ4n) is 5.13. The molecule has 0 unspecified atom stereocenters. The first-order valence-corrected chi connectivity index (χ1v) is 14.0. The number of carbonyl (C=O) groups excluding carboxylic acids is 2. The van der Waals surface area contributed by atoms with Gasteiger partial charge in [-0.25, -0.2) is 14.4 Å².